The second-order valence-electron chi connectivity index (χ2n) is 5.07. The lowest BCUT2D eigenvalue weighted by molar-refractivity contribution is -0.109. The third-order valence-corrected chi connectivity index (χ3v) is 4.06. The van der Waals surface area contributed by atoms with Crippen LogP contribution >= 0.6 is 23.2 Å². The molecule has 14 heavy (non-hydrogen) atoms. The maximum absolute atomic E-state index is 6.12. The standard InChI is InChI=1S/C10H16Cl2O2/c1-6(2)7-13-8(3,4)9(14-7)5-10(9,11)12/h6-7H,5H2,1-4H3. The van der Waals surface area contributed by atoms with Crippen molar-refractivity contribution in [2.45, 2.75) is 55.9 Å². The summed E-state index contributed by atoms with van der Waals surface area (Å²) in [6.45, 7) is 8.10. The fourth-order valence-corrected chi connectivity index (χ4v) is 2.99. The maximum atomic E-state index is 6.12. The Labute approximate surface area is 94.8 Å². The zero-order valence-corrected chi connectivity index (χ0v) is 10.4. The van der Waals surface area contributed by atoms with Gasteiger partial charge >= 0.3 is 0 Å². The molecule has 2 rings (SSSR count). The molecule has 2 aliphatic rings. The van der Waals surface area contributed by atoms with E-state index in [4.69, 9.17) is 32.7 Å². The van der Waals surface area contributed by atoms with Gasteiger partial charge in [-0.1, -0.05) is 37.0 Å². The number of ether oxygens (including phenoxy) is 2. The predicted molar refractivity (Wildman–Crippen MR) is 56.7 cm³/mol. The molecule has 82 valence electrons. The van der Waals surface area contributed by atoms with E-state index in [1.54, 1.807) is 0 Å². The molecule has 0 aromatic heterocycles. The largest absolute Gasteiger partial charge is 0.343 e. The van der Waals surface area contributed by atoms with Crippen LogP contribution in [0.25, 0.3) is 0 Å². The zero-order chi connectivity index (χ0) is 10.8. The van der Waals surface area contributed by atoms with Crippen molar-refractivity contribution >= 4 is 23.2 Å². The van der Waals surface area contributed by atoms with Crippen molar-refractivity contribution in [3.8, 4) is 0 Å². The van der Waals surface area contributed by atoms with Gasteiger partial charge in [-0.25, -0.2) is 0 Å². The fraction of sp³-hybridized carbons (Fsp3) is 1.00. The molecule has 0 aromatic carbocycles. The summed E-state index contributed by atoms with van der Waals surface area (Å²) >= 11 is 12.2. The minimum absolute atomic E-state index is 0.190. The summed E-state index contributed by atoms with van der Waals surface area (Å²) in [5.74, 6) is 0.318. The first-order chi connectivity index (χ1) is 6.22. The minimum Gasteiger partial charge on any atom is -0.343 e. The van der Waals surface area contributed by atoms with Crippen LogP contribution in [0.15, 0.2) is 0 Å². The van der Waals surface area contributed by atoms with Crippen molar-refractivity contribution in [3.05, 3.63) is 0 Å². The van der Waals surface area contributed by atoms with Crippen LogP contribution in [0.5, 0.6) is 0 Å². The molecule has 1 heterocycles. The molecule has 0 N–H and O–H groups in total. The molecule has 0 amide bonds. The Bertz CT molecular complexity index is 263. The predicted octanol–water partition coefficient (Wildman–Crippen LogP) is 3.11. The van der Waals surface area contributed by atoms with Gasteiger partial charge in [0.2, 0.25) is 0 Å². The van der Waals surface area contributed by atoms with E-state index in [9.17, 15) is 0 Å². The van der Waals surface area contributed by atoms with Crippen LogP contribution in [0.4, 0.5) is 0 Å². The van der Waals surface area contributed by atoms with Gasteiger partial charge in [0.25, 0.3) is 0 Å². The zero-order valence-electron chi connectivity index (χ0n) is 8.93. The van der Waals surface area contributed by atoms with Crippen molar-refractivity contribution in [3.63, 3.8) is 0 Å². The Balaban J connectivity index is 2.22. The minimum atomic E-state index is -0.778. The summed E-state index contributed by atoms with van der Waals surface area (Å²) in [5.41, 5.74) is -0.899. The first kappa shape index (κ1) is 11.0. The summed E-state index contributed by atoms with van der Waals surface area (Å²) in [5, 5.41) is 0. The lowest BCUT2D eigenvalue weighted by atomic mass is 10.00. The topological polar surface area (TPSA) is 18.5 Å². The van der Waals surface area contributed by atoms with E-state index in [0.29, 0.717) is 12.3 Å². The molecule has 1 aliphatic heterocycles. The van der Waals surface area contributed by atoms with Crippen molar-refractivity contribution in [2.75, 3.05) is 0 Å². The molecular weight excluding hydrogens is 223 g/mol. The highest BCUT2D eigenvalue weighted by Gasteiger charge is 2.79. The molecule has 2 atom stereocenters. The van der Waals surface area contributed by atoms with Gasteiger partial charge in [0.1, 0.15) is 5.60 Å². The number of halogens is 2. The second-order valence-corrected chi connectivity index (χ2v) is 6.55. The van der Waals surface area contributed by atoms with Crippen LogP contribution < -0.4 is 0 Å². The highest BCUT2D eigenvalue weighted by Crippen LogP contribution is 2.68. The van der Waals surface area contributed by atoms with Gasteiger partial charge in [0, 0.05) is 12.3 Å². The molecule has 2 fully saturated rings. The molecule has 1 spiro atoms. The molecule has 4 heteroatoms. The fourth-order valence-electron chi connectivity index (χ4n) is 2.07. The van der Waals surface area contributed by atoms with Gasteiger partial charge in [0.15, 0.2) is 10.6 Å². The van der Waals surface area contributed by atoms with E-state index < -0.39 is 15.5 Å². The maximum Gasteiger partial charge on any atom is 0.161 e. The highest BCUT2D eigenvalue weighted by atomic mass is 35.5. The molecule has 1 aliphatic carbocycles. The van der Waals surface area contributed by atoms with Gasteiger partial charge in [-0.3, -0.25) is 0 Å². The summed E-state index contributed by atoms with van der Waals surface area (Å²) in [7, 11) is 0. The van der Waals surface area contributed by atoms with E-state index in [0.717, 1.165) is 0 Å². The SMILES string of the molecule is CC(C)C1OC(C)(C)C2(CC2(Cl)Cl)O1. The monoisotopic (exact) mass is 238 g/mol. The second kappa shape index (κ2) is 2.79. The van der Waals surface area contributed by atoms with Crippen molar-refractivity contribution in [1.29, 1.82) is 0 Å². The van der Waals surface area contributed by atoms with Crippen LogP contribution in [0.1, 0.15) is 34.1 Å². The average Bonchev–Trinajstić information content (AvgIpc) is 2.41. The van der Waals surface area contributed by atoms with Crippen LogP contribution in [0.2, 0.25) is 0 Å². The molecular formula is C10H16Cl2O2. The van der Waals surface area contributed by atoms with Crippen molar-refractivity contribution in [1.82, 2.24) is 0 Å². The van der Waals surface area contributed by atoms with Crippen molar-refractivity contribution in [2.24, 2.45) is 5.92 Å². The van der Waals surface area contributed by atoms with E-state index in [1.165, 1.54) is 0 Å². The number of hydrogen-bond acceptors (Lipinski definition) is 2. The van der Waals surface area contributed by atoms with Crippen LogP contribution in [-0.2, 0) is 9.47 Å². The molecule has 2 unspecified atom stereocenters. The Hall–Kier alpha value is 0.500. The van der Waals surface area contributed by atoms with Crippen LogP contribution in [0.3, 0.4) is 0 Å². The van der Waals surface area contributed by atoms with E-state index in [1.807, 2.05) is 13.8 Å². The Morgan fingerprint density at radius 1 is 1.21 bits per heavy atom. The van der Waals surface area contributed by atoms with E-state index in [-0.39, 0.29) is 6.29 Å². The first-order valence-electron chi connectivity index (χ1n) is 4.95. The van der Waals surface area contributed by atoms with Crippen molar-refractivity contribution < 1.29 is 9.47 Å². The average molecular weight is 239 g/mol. The Morgan fingerprint density at radius 2 is 1.71 bits per heavy atom. The third-order valence-electron chi connectivity index (χ3n) is 3.18. The first-order valence-corrected chi connectivity index (χ1v) is 5.71. The molecule has 2 nitrogen and oxygen atoms in total. The van der Waals surface area contributed by atoms with Gasteiger partial charge in [-0.2, -0.15) is 0 Å². The van der Waals surface area contributed by atoms with E-state index >= 15 is 0 Å². The van der Waals surface area contributed by atoms with Gasteiger partial charge in [-0.15, -0.1) is 0 Å². The normalized spacial score (nSPS) is 43.5. The van der Waals surface area contributed by atoms with Crippen LogP contribution in [-0.4, -0.2) is 21.8 Å². The van der Waals surface area contributed by atoms with E-state index in [2.05, 4.69) is 13.8 Å². The summed E-state index contributed by atoms with van der Waals surface area (Å²) in [6.07, 6.45) is 0.462. The van der Waals surface area contributed by atoms with Gasteiger partial charge in [0.05, 0.1) is 5.60 Å². The Morgan fingerprint density at radius 3 is 1.93 bits per heavy atom. The number of hydrogen-bond donors (Lipinski definition) is 0. The quantitative estimate of drug-likeness (QED) is 0.654. The molecule has 0 radical (unpaired) electrons. The van der Waals surface area contributed by atoms with Gasteiger partial charge in [-0.05, 0) is 13.8 Å². The number of rotatable bonds is 1. The lowest BCUT2D eigenvalue weighted by Gasteiger charge is -2.24. The summed E-state index contributed by atoms with van der Waals surface area (Å²) in [4.78, 5) is 0. The summed E-state index contributed by atoms with van der Waals surface area (Å²) in [6, 6.07) is 0. The highest BCUT2D eigenvalue weighted by molar-refractivity contribution is 6.52. The number of alkyl halides is 2. The third kappa shape index (κ3) is 1.24. The van der Waals surface area contributed by atoms with Gasteiger partial charge < -0.3 is 9.47 Å². The summed E-state index contributed by atoms with van der Waals surface area (Å²) < 4.78 is 10.9. The smallest absolute Gasteiger partial charge is 0.161 e. The molecule has 0 bridgehead atoms. The van der Waals surface area contributed by atoms with Crippen LogP contribution in [0, 0.1) is 5.92 Å². The molecule has 0 aromatic rings. The Kier molecular flexibility index (Phi) is 2.19. The molecule has 1 saturated heterocycles. The molecule has 1 saturated carbocycles. The lowest BCUT2D eigenvalue weighted by Crippen LogP contribution is -2.39.